The molecule has 0 fully saturated rings. The van der Waals surface area contributed by atoms with Crippen LogP contribution >= 0.6 is 0 Å². The monoisotopic (exact) mass is 644 g/mol. The molecule has 0 saturated heterocycles. The first-order valence-electron chi connectivity index (χ1n) is 15.3. The standard InChI is InChI=1S/C38H33FN4O3S/c1-23(2)26-16-29(42-22-27(21-41-42)38-24(3)14-32(15-25(38)4)47(5,44)45)19-31(17-26)46-30-10-11-34-33-8-6-7-9-35(33)43(36(34)20-30)37-18-28(39)12-13-40-37/h6-23H,1-5H3. The van der Waals surface area contributed by atoms with E-state index in [4.69, 9.17) is 4.74 Å². The number of hydrogen-bond donors (Lipinski definition) is 0. The molecule has 7 rings (SSSR count). The van der Waals surface area contributed by atoms with Gasteiger partial charge in [-0.05, 0) is 90.6 Å². The van der Waals surface area contributed by atoms with Gasteiger partial charge in [0, 0.05) is 53.2 Å². The predicted octanol–water partition coefficient (Wildman–Crippen LogP) is 9.11. The molecule has 0 atom stereocenters. The Morgan fingerprint density at radius 3 is 2.30 bits per heavy atom. The largest absolute Gasteiger partial charge is 0.457 e. The summed E-state index contributed by atoms with van der Waals surface area (Å²) in [7, 11) is -3.32. The number of benzene rings is 4. The maximum atomic E-state index is 14.3. The van der Waals surface area contributed by atoms with Gasteiger partial charge in [0.2, 0.25) is 0 Å². The van der Waals surface area contributed by atoms with Crippen molar-refractivity contribution in [2.75, 3.05) is 6.26 Å². The second-order valence-electron chi connectivity index (χ2n) is 12.3. The molecule has 0 amide bonds. The van der Waals surface area contributed by atoms with Gasteiger partial charge in [0.05, 0.1) is 27.8 Å². The molecular formula is C38H33FN4O3S. The second-order valence-corrected chi connectivity index (χ2v) is 14.3. The normalized spacial score (nSPS) is 12.0. The van der Waals surface area contributed by atoms with Crippen molar-refractivity contribution < 1.29 is 17.5 Å². The summed E-state index contributed by atoms with van der Waals surface area (Å²) in [5, 5.41) is 6.73. The van der Waals surface area contributed by atoms with Crippen molar-refractivity contribution in [2.45, 2.75) is 38.5 Å². The molecule has 0 bridgehead atoms. The Hall–Kier alpha value is -5.28. The molecule has 0 N–H and O–H groups in total. The van der Waals surface area contributed by atoms with E-state index in [0.29, 0.717) is 22.2 Å². The molecule has 0 spiro atoms. The molecular weight excluding hydrogens is 612 g/mol. The van der Waals surface area contributed by atoms with Crippen LogP contribution in [0.4, 0.5) is 4.39 Å². The van der Waals surface area contributed by atoms with Gasteiger partial charge in [-0.15, -0.1) is 0 Å². The van der Waals surface area contributed by atoms with Gasteiger partial charge in [0.15, 0.2) is 9.84 Å². The summed E-state index contributed by atoms with van der Waals surface area (Å²) in [4.78, 5) is 4.77. The van der Waals surface area contributed by atoms with Gasteiger partial charge in [-0.25, -0.2) is 22.5 Å². The van der Waals surface area contributed by atoms with Crippen LogP contribution in [-0.4, -0.2) is 34.0 Å². The van der Waals surface area contributed by atoms with Gasteiger partial charge < -0.3 is 4.74 Å². The minimum atomic E-state index is -3.32. The predicted molar refractivity (Wildman–Crippen MR) is 184 cm³/mol. The summed E-state index contributed by atoms with van der Waals surface area (Å²) in [6.07, 6.45) is 6.44. The summed E-state index contributed by atoms with van der Waals surface area (Å²) < 4.78 is 48.9. The fourth-order valence-electron chi connectivity index (χ4n) is 6.23. The van der Waals surface area contributed by atoms with Crippen molar-refractivity contribution in [2.24, 2.45) is 0 Å². The number of sulfone groups is 1. The van der Waals surface area contributed by atoms with Gasteiger partial charge in [-0.1, -0.05) is 32.0 Å². The number of nitrogens with zero attached hydrogens (tertiary/aromatic N) is 4. The zero-order valence-electron chi connectivity index (χ0n) is 26.7. The highest BCUT2D eigenvalue weighted by Crippen LogP contribution is 2.36. The van der Waals surface area contributed by atoms with Gasteiger partial charge >= 0.3 is 0 Å². The molecule has 4 aromatic carbocycles. The van der Waals surface area contributed by atoms with Crippen LogP contribution in [0, 0.1) is 19.7 Å². The molecule has 3 aromatic heterocycles. The van der Waals surface area contributed by atoms with E-state index in [9.17, 15) is 12.8 Å². The number of hydrogen-bond acceptors (Lipinski definition) is 5. The highest BCUT2D eigenvalue weighted by Gasteiger charge is 2.17. The number of ether oxygens (including phenoxy) is 1. The van der Waals surface area contributed by atoms with E-state index in [1.54, 1.807) is 18.3 Å². The lowest BCUT2D eigenvalue weighted by atomic mass is 9.98. The van der Waals surface area contributed by atoms with E-state index < -0.39 is 9.84 Å². The van der Waals surface area contributed by atoms with Crippen LogP contribution < -0.4 is 4.74 Å². The van der Waals surface area contributed by atoms with Crippen molar-refractivity contribution in [1.29, 1.82) is 0 Å². The van der Waals surface area contributed by atoms with Crippen LogP contribution in [0.2, 0.25) is 0 Å². The Bertz CT molecular complexity index is 2420. The Labute approximate surface area is 272 Å². The lowest BCUT2D eigenvalue weighted by Crippen LogP contribution is -2.00. The molecule has 0 unspecified atom stereocenters. The van der Waals surface area contributed by atoms with Crippen molar-refractivity contribution >= 4 is 31.6 Å². The van der Waals surface area contributed by atoms with E-state index in [0.717, 1.165) is 55.3 Å². The minimum absolute atomic E-state index is 0.226. The average molecular weight is 645 g/mol. The summed E-state index contributed by atoms with van der Waals surface area (Å²) >= 11 is 0. The number of para-hydroxylation sites is 1. The first kappa shape index (κ1) is 30.4. The molecule has 0 radical (unpaired) electrons. The van der Waals surface area contributed by atoms with E-state index >= 15 is 0 Å². The zero-order valence-corrected chi connectivity index (χ0v) is 27.5. The maximum Gasteiger partial charge on any atom is 0.175 e. The fraction of sp³-hybridized carbons (Fsp3) is 0.158. The number of fused-ring (bicyclic) bond motifs is 3. The van der Waals surface area contributed by atoms with E-state index in [1.165, 1.54) is 24.6 Å². The SMILES string of the molecule is Cc1cc(S(C)(=O)=O)cc(C)c1-c1cnn(-c2cc(Oc3ccc4c5ccccc5n(-c5cc(F)ccn5)c4c3)cc(C(C)C)c2)c1. The fourth-order valence-corrected chi connectivity index (χ4v) is 7.01. The second kappa shape index (κ2) is 11.5. The number of rotatable bonds is 7. The van der Waals surface area contributed by atoms with Gasteiger partial charge in [0.1, 0.15) is 23.1 Å². The summed E-state index contributed by atoms with van der Waals surface area (Å²) in [5.74, 6) is 1.64. The molecule has 0 aliphatic rings. The molecule has 7 aromatic rings. The first-order chi connectivity index (χ1) is 22.5. The molecule has 0 aliphatic carbocycles. The molecule has 0 aliphatic heterocycles. The lowest BCUT2D eigenvalue weighted by Gasteiger charge is -2.14. The minimum Gasteiger partial charge on any atom is -0.457 e. The molecule has 7 nitrogen and oxygen atoms in total. The van der Waals surface area contributed by atoms with E-state index in [1.807, 2.05) is 83.9 Å². The first-order valence-corrected chi connectivity index (χ1v) is 17.2. The van der Waals surface area contributed by atoms with Crippen LogP contribution in [0.1, 0.15) is 36.5 Å². The van der Waals surface area contributed by atoms with Crippen molar-refractivity contribution in [1.82, 2.24) is 19.3 Å². The lowest BCUT2D eigenvalue weighted by molar-refractivity contribution is 0.481. The molecule has 9 heteroatoms. The zero-order chi connectivity index (χ0) is 33.0. The van der Waals surface area contributed by atoms with E-state index in [2.05, 4.69) is 30.0 Å². The topological polar surface area (TPSA) is 79.0 Å². The Kier molecular flexibility index (Phi) is 7.44. The number of halogens is 1. The highest BCUT2D eigenvalue weighted by atomic mass is 32.2. The van der Waals surface area contributed by atoms with Crippen molar-refractivity contribution in [3.8, 4) is 34.1 Å². The van der Waals surface area contributed by atoms with Crippen molar-refractivity contribution in [3.05, 3.63) is 126 Å². The Balaban J connectivity index is 1.29. The third-order valence-electron chi connectivity index (χ3n) is 8.47. The van der Waals surface area contributed by atoms with Crippen molar-refractivity contribution in [3.63, 3.8) is 0 Å². The maximum absolute atomic E-state index is 14.3. The summed E-state index contributed by atoms with van der Waals surface area (Å²) in [6, 6.07) is 26.2. The van der Waals surface area contributed by atoms with Crippen LogP contribution in [0.25, 0.3) is 44.4 Å². The number of aromatic nitrogens is 4. The van der Waals surface area contributed by atoms with Gasteiger partial charge in [-0.2, -0.15) is 5.10 Å². The number of aryl methyl sites for hydroxylation is 2. The van der Waals surface area contributed by atoms with E-state index in [-0.39, 0.29) is 11.7 Å². The van der Waals surface area contributed by atoms with Crippen LogP contribution in [0.3, 0.4) is 0 Å². The average Bonchev–Trinajstić information content (AvgIpc) is 3.63. The highest BCUT2D eigenvalue weighted by molar-refractivity contribution is 7.90. The van der Waals surface area contributed by atoms with Crippen LogP contribution in [-0.2, 0) is 9.84 Å². The third-order valence-corrected chi connectivity index (χ3v) is 9.56. The van der Waals surface area contributed by atoms with Gasteiger partial charge in [-0.3, -0.25) is 4.57 Å². The molecule has 236 valence electrons. The quantitative estimate of drug-likeness (QED) is 0.173. The third kappa shape index (κ3) is 5.67. The molecule has 47 heavy (non-hydrogen) atoms. The summed E-state index contributed by atoms with van der Waals surface area (Å²) in [6.45, 7) is 8.09. The number of pyridine rings is 1. The van der Waals surface area contributed by atoms with Crippen LogP contribution in [0.5, 0.6) is 11.5 Å². The Morgan fingerprint density at radius 2 is 1.57 bits per heavy atom. The van der Waals surface area contributed by atoms with Crippen LogP contribution in [0.15, 0.2) is 108 Å². The molecule has 3 heterocycles. The summed E-state index contributed by atoms with van der Waals surface area (Å²) in [5.41, 5.74) is 7.27. The Morgan fingerprint density at radius 1 is 0.830 bits per heavy atom. The molecule has 0 saturated carbocycles. The smallest absolute Gasteiger partial charge is 0.175 e. The van der Waals surface area contributed by atoms with Gasteiger partial charge in [0.25, 0.3) is 0 Å².